The van der Waals surface area contributed by atoms with E-state index in [2.05, 4.69) is 10.6 Å². The molecule has 0 saturated heterocycles. The summed E-state index contributed by atoms with van der Waals surface area (Å²) in [6, 6.07) is 10.00. The molecule has 1 heterocycles. The van der Waals surface area contributed by atoms with Crippen molar-refractivity contribution in [1.29, 1.82) is 0 Å². The highest BCUT2D eigenvalue weighted by atomic mass is 19.4. The molecule has 0 fully saturated rings. The molecule has 0 radical (unpaired) electrons. The number of benzene rings is 2. The maximum absolute atomic E-state index is 12.8. The first kappa shape index (κ1) is 17.3. The van der Waals surface area contributed by atoms with E-state index in [4.69, 9.17) is 0 Å². The first-order valence-corrected chi connectivity index (χ1v) is 8.08. The fourth-order valence-corrected chi connectivity index (χ4v) is 3.09. The Hall–Kier alpha value is -2.50. The Bertz CT molecular complexity index is 801. The quantitative estimate of drug-likeness (QED) is 0.872. The fraction of sp³-hybridized carbons (Fsp3) is 0.316. The van der Waals surface area contributed by atoms with E-state index in [1.807, 2.05) is 25.1 Å². The zero-order valence-electron chi connectivity index (χ0n) is 13.9. The summed E-state index contributed by atoms with van der Waals surface area (Å²) in [5.74, 6) is -0.222. The Morgan fingerprint density at radius 2 is 1.96 bits per heavy atom. The van der Waals surface area contributed by atoms with Crippen molar-refractivity contribution in [2.24, 2.45) is 0 Å². The third kappa shape index (κ3) is 3.62. The highest BCUT2D eigenvalue weighted by Gasteiger charge is 2.31. The predicted octanol–water partition coefficient (Wildman–Crippen LogP) is 4.23. The Kier molecular flexibility index (Phi) is 4.45. The molecular weight excluding hydrogens is 329 g/mol. The number of anilines is 1. The standard InChI is InChI=1S/C19H19F3N2O/c1-11-5-3-7-14-10-16(24-17(11)14)18(25)23-12(2)13-6-4-8-15(9-13)19(20,21)22/h3-9,12,16,24H,10H2,1-2H3,(H,23,25). The summed E-state index contributed by atoms with van der Waals surface area (Å²) in [6.45, 7) is 3.65. The average Bonchev–Trinajstić information content (AvgIpc) is 3.00. The van der Waals surface area contributed by atoms with Gasteiger partial charge in [-0.05, 0) is 42.7 Å². The highest BCUT2D eigenvalue weighted by Crippen LogP contribution is 2.31. The van der Waals surface area contributed by atoms with Crippen molar-refractivity contribution in [3.63, 3.8) is 0 Å². The van der Waals surface area contributed by atoms with Crippen LogP contribution in [0.4, 0.5) is 18.9 Å². The van der Waals surface area contributed by atoms with Crippen molar-refractivity contribution in [2.75, 3.05) is 5.32 Å². The molecule has 2 N–H and O–H groups in total. The number of hydrogen-bond donors (Lipinski definition) is 2. The van der Waals surface area contributed by atoms with Gasteiger partial charge in [0.25, 0.3) is 0 Å². The summed E-state index contributed by atoms with van der Waals surface area (Å²) in [5, 5.41) is 6.01. The van der Waals surface area contributed by atoms with Gasteiger partial charge in [0.2, 0.25) is 5.91 Å². The van der Waals surface area contributed by atoms with E-state index in [0.29, 0.717) is 12.0 Å². The van der Waals surface area contributed by atoms with Gasteiger partial charge in [0, 0.05) is 12.1 Å². The van der Waals surface area contributed by atoms with E-state index in [1.54, 1.807) is 13.0 Å². The molecule has 0 aromatic heterocycles. The molecule has 6 heteroatoms. The van der Waals surface area contributed by atoms with E-state index in [9.17, 15) is 18.0 Å². The van der Waals surface area contributed by atoms with Crippen LogP contribution in [0.3, 0.4) is 0 Å². The molecule has 2 aromatic carbocycles. The van der Waals surface area contributed by atoms with E-state index >= 15 is 0 Å². The second-order valence-electron chi connectivity index (χ2n) is 6.36. The SMILES string of the molecule is Cc1cccc2c1NC(C(=O)NC(C)c1cccc(C(F)(F)F)c1)C2. The lowest BCUT2D eigenvalue weighted by Crippen LogP contribution is -2.39. The van der Waals surface area contributed by atoms with E-state index in [0.717, 1.165) is 28.9 Å². The summed E-state index contributed by atoms with van der Waals surface area (Å²) in [7, 11) is 0. The second-order valence-corrected chi connectivity index (χ2v) is 6.36. The summed E-state index contributed by atoms with van der Waals surface area (Å²) < 4.78 is 38.5. The number of nitrogens with one attached hydrogen (secondary N) is 2. The lowest BCUT2D eigenvalue weighted by atomic mass is 10.0. The Morgan fingerprint density at radius 3 is 2.64 bits per heavy atom. The van der Waals surface area contributed by atoms with Gasteiger partial charge < -0.3 is 10.6 Å². The molecule has 132 valence electrons. The third-order valence-electron chi connectivity index (χ3n) is 4.49. The van der Waals surface area contributed by atoms with Crippen molar-refractivity contribution in [1.82, 2.24) is 5.32 Å². The van der Waals surface area contributed by atoms with Crippen LogP contribution in [0.1, 0.15) is 35.2 Å². The fourth-order valence-electron chi connectivity index (χ4n) is 3.09. The van der Waals surface area contributed by atoms with Crippen LogP contribution in [0.25, 0.3) is 0 Å². The summed E-state index contributed by atoms with van der Waals surface area (Å²) in [4.78, 5) is 12.5. The van der Waals surface area contributed by atoms with Crippen LogP contribution in [-0.4, -0.2) is 11.9 Å². The maximum Gasteiger partial charge on any atom is 0.416 e. The molecule has 0 bridgehead atoms. The third-order valence-corrected chi connectivity index (χ3v) is 4.49. The molecule has 1 amide bonds. The molecule has 25 heavy (non-hydrogen) atoms. The van der Waals surface area contributed by atoms with Crippen LogP contribution in [0, 0.1) is 6.92 Å². The number of rotatable bonds is 3. The van der Waals surface area contributed by atoms with Crippen molar-refractivity contribution in [3.8, 4) is 0 Å². The predicted molar refractivity (Wildman–Crippen MR) is 90.3 cm³/mol. The maximum atomic E-state index is 12.8. The van der Waals surface area contributed by atoms with Gasteiger partial charge in [-0.2, -0.15) is 13.2 Å². The molecule has 3 nitrogen and oxygen atoms in total. The molecule has 0 saturated carbocycles. The van der Waals surface area contributed by atoms with Crippen LogP contribution in [-0.2, 0) is 17.4 Å². The smallest absolute Gasteiger partial charge is 0.373 e. The molecule has 1 aliphatic rings. The molecule has 1 aliphatic heterocycles. The average molecular weight is 348 g/mol. The van der Waals surface area contributed by atoms with Crippen molar-refractivity contribution in [3.05, 3.63) is 64.7 Å². The van der Waals surface area contributed by atoms with Crippen LogP contribution in [0.5, 0.6) is 0 Å². The van der Waals surface area contributed by atoms with Gasteiger partial charge in [0.15, 0.2) is 0 Å². The Morgan fingerprint density at radius 1 is 1.24 bits per heavy atom. The van der Waals surface area contributed by atoms with Crippen molar-refractivity contribution >= 4 is 11.6 Å². The first-order chi connectivity index (χ1) is 11.8. The van der Waals surface area contributed by atoms with Gasteiger partial charge >= 0.3 is 6.18 Å². The van der Waals surface area contributed by atoms with Gasteiger partial charge in [-0.25, -0.2) is 0 Å². The Balaban J connectivity index is 1.69. The van der Waals surface area contributed by atoms with Crippen LogP contribution >= 0.6 is 0 Å². The normalized spacial score (nSPS) is 17.6. The largest absolute Gasteiger partial charge is 0.416 e. The number of fused-ring (bicyclic) bond motifs is 1. The Labute approximate surface area is 144 Å². The molecule has 0 aliphatic carbocycles. The number of halogens is 3. The number of para-hydroxylation sites is 1. The molecule has 3 rings (SSSR count). The van der Waals surface area contributed by atoms with Gasteiger partial charge in [0.1, 0.15) is 6.04 Å². The number of carbonyl (C=O) groups excluding carboxylic acids is 1. The molecule has 2 atom stereocenters. The minimum absolute atomic E-state index is 0.222. The van der Waals surface area contributed by atoms with Crippen LogP contribution in [0.15, 0.2) is 42.5 Å². The summed E-state index contributed by atoms with van der Waals surface area (Å²) in [5.41, 5.74) is 2.82. The van der Waals surface area contributed by atoms with E-state index < -0.39 is 23.8 Å². The van der Waals surface area contributed by atoms with Gasteiger partial charge in [-0.1, -0.05) is 30.3 Å². The highest BCUT2D eigenvalue weighted by molar-refractivity contribution is 5.88. The minimum Gasteiger partial charge on any atom is -0.373 e. The van der Waals surface area contributed by atoms with Gasteiger partial charge in [-0.15, -0.1) is 0 Å². The van der Waals surface area contributed by atoms with Crippen molar-refractivity contribution in [2.45, 2.75) is 38.5 Å². The summed E-state index contributed by atoms with van der Waals surface area (Å²) in [6.07, 6.45) is -3.83. The second kappa shape index (κ2) is 6.43. The monoisotopic (exact) mass is 348 g/mol. The molecular formula is C19H19F3N2O. The summed E-state index contributed by atoms with van der Waals surface area (Å²) >= 11 is 0. The number of hydrogen-bond acceptors (Lipinski definition) is 2. The zero-order chi connectivity index (χ0) is 18.2. The van der Waals surface area contributed by atoms with Gasteiger partial charge in [0.05, 0.1) is 11.6 Å². The molecule has 2 unspecified atom stereocenters. The number of aryl methyl sites for hydroxylation is 1. The lowest BCUT2D eigenvalue weighted by Gasteiger charge is -2.19. The van der Waals surface area contributed by atoms with E-state index in [1.165, 1.54) is 6.07 Å². The van der Waals surface area contributed by atoms with E-state index in [-0.39, 0.29) is 5.91 Å². The van der Waals surface area contributed by atoms with Gasteiger partial charge in [-0.3, -0.25) is 4.79 Å². The number of carbonyl (C=O) groups is 1. The lowest BCUT2D eigenvalue weighted by molar-refractivity contribution is -0.137. The molecule has 2 aromatic rings. The first-order valence-electron chi connectivity index (χ1n) is 8.08. The van der Waals surface area contributed by atoms with Crippen LogP contribution in [0.2, 0.25) is 0 Å². The topological polar surface area (TPSA) is 41.1 Å². The number of alkyl halides is 3. The van der Waals surface area contributed by atoms with Crippen LogP contribution < -0.4 is 10.6 Å². The zero-order valence-corrected chi connectivity index (χ0v) is 13.9. The molecule has 0 spiro atoms. The number of amides is 1. The van der Waals surface area contributed by atoms with Crippen molar-refractivity contribution < 1.29 is 18.0 Å². The minimum atomic E-state index is -4.40.